The number of rotatable bonds is 4. The van der Waals surface area contributed by atoms with Crippen LogP contribution in [0.5, 0.6) is 0 Å². The Hall–Kier alpha value is -1.03. The second kappa shape index (κ2) is 7.11. The highest BCUT2D eigenvalue weighted by Crippen LogP contribution is 2.34. The second-order valence-electron chi connectivity index (χ2n) is 6.27. The molecule has 0 bridgehead atoms. The molecule has 1 saturated heterocycles. The zero-order valence-corrected chi connectivity index (χ0v) is 12.7. The van der Waals surface area contributed by atoms with E-state index < -0.39 is 0 Å². The summed E-state index contributed by atoms with van der Waals surface area (Å²) in [6.45, 7) is 4.60. The van der Waals surface area contributed by atoms with Crippen LogP contribution in [0.4, 0.5) is 4.79 Å². The molecule has 20 heavy (non-hydrogen) atoms. The van der Waals surface area contributed by atoms with Gasteiger partial charge >= 0.3 is 6.03 Å². The van der Waals surface area contributed by atoms with Gasteiger partial charge in [0.25, 0.3) is 0 Å². The standard InChI is InChI=1S/C16H28N2O2/c1-2-16(13-19)8-10-18(11-9-16)15(20)17-12-14-6-4-3-5-7-14/h6,19H,2-5,7-13H2,1H3,(H,17,20). The van der Waals surface area contributed by atoms with E-state index in [1.807, 2.05) is 4.90 Å². The number of urea groups is 1. The molecule has 2 aliphatic rings. The van der Waals surface area contributed by atoms with Crippen LogP contribution >= 0.6 is 0 Å². The molecule has 0 aromatic heterocycles. The molecule has 4 heteroatoms. The lowest BCUT2D eigenvalue weighted by atomic mass is 9.77. The van der Waals surface area contributed by atoms with E-state index in [-0.39, 0.29) is 18.1 Å². The Balaban J connectivity index is 1.75. The van der Waals surface area contributed by atoms with Crippen molar-refractivity contribution in [2.45, 2.75) is 51.9 Å². The van der Waals surface area contributed by atoms with Gasteiger partial charge in [0.05, 0.1) is 0 Å². The summed E-state index contributed by atoms with van der Waals surface area (Å²) in [7, 11) is 0. The minimum Gasteiger partial charge on any atom is -0.396 e. The molecule has 1 aliphatic carbocycles. The Morgan fingerprint density at radius 3 is 2.70 bits per heavy atom. The van der Waals surface area contributed by atoms with Gasteiger partial charge in [-0.25, -0.2) is 4.79 Å². The van der Waals surface area contributed by atoms with Crippen LogP contribution in [0.15, 0.2) is 11.6 Å². The van der Waals surface area contributed by atoms with Gasteiger partial charge in [-0.1, -0.05) is 18.6 Å². The Morgan fingerprint density at radius 1 is 1.40 bits per heavy atom. The number of hydrogen-bond acceptors (Lipinski definition) is 2. The largest absolute Gasteiger partial charge is 0.396 e. The van der Waals surface area contributed by atoms with Crippen molar-refractivity contribution in [2.75, 3.05) is 26.2 Å². The number of carbonyl (C=O) groups excluding carboxylic acids is 1. The molecule has 114 valence electrons. The third-order valence-electron chi connectivity index (χ3n) is 5.05. The fourth-order valence-electron chi connectivity index (χ4n) is 3.17. The van der Waals surface area contributed by atoms with Gasteiger partial charge < -0.3 is 15.3 Å². The minimum absolute atomic E-state index is 0.0443. The highest BCUT2D eigenvalue weighted by Gasteiger charge is 2.33. The number of piperidine rings is 1. The van der Waals surface area contributed by atoms with E-state index >= 15 is 0 Å². The average molecular weight is 280 g/mol. The van der Waals surface area contributed by atoms with Crippen LogP contribution in [0.25, 0.3) is 0 Å². The van der Waals surface area contributed by atoms with E-state index in [1.165, 1.54) is 18.4 Å². The fraction of sp³-hybridized carbons (Fsp3) is 0.812. The van der Waals surface area contributed by atoms with E-state index in [2.05, 4.69) is 18.3 Å². The third kappa shape index (κ3) is 3.75. The number of likely N-dealkylation sites (tertiary alicyclic amines) is 1. The van der Waals surface area contributed by atoms with Crippen molar-refractivity contribution in [1.29, 1.82) is 0 Å². The van der Waals surface area contributed by atoms with Crippen molar-refractivity contribution in [3.05, 3.63) is 11.6 Å². The molecule has 1 heterocycles. The number of aliphatic hydroxyl groups is 1. The van der Waals surface area contributed by atoms with Gasteiger partial charge in [-0.2, -0.15) is 0 Å². The first-order valence-corrected chi connectivity index (χ1v) is 8.01. The van der Waals surface area contributed by atoms with E-state index in [0.29, 0.717) is 6.54 Å². The normalized spacial score (nSPS) is 22.3. The maximum Gasteiger partial charge on any atom is 0.317 e. The van der Waals surface area contributed by atoms with Crippen molar-refractivity contribution in [2.24, 2.45) is 5.41 Å². The Labute approximate surface area is 122 Å². The maximum absolute atomic E-state index is 12.2. The smallest absolute Gasteiger partial charge is 0.317 e. The maximum atomic E-state index is 12.2. The lowest BCUT2D eigenvalue weighted by molar-refractivity contribution is 0.0521. The molecular formula is C16H28N2O2. The zero-order chi connectivity index (χ0) is 14.4. The molecule has 0 aromatic carbocycles. The lowest BCUT2D eigenvalue weighted by Gasteiger charge is -2.40. The highest BCUT2D eigenvalue weighted by molar-refractivity contribution is 5.74. The average Bonchev–Trinajstić information content (AvgIpc) is 2.53. The molecule has 2 N–H and O–H groups in total. The zero-order valence-electron chi connectivity index (χ0n) is 12.7. The number of hydrogen-bond donors (Lipinski definition) is 2. The summed E-state index contributed by atoms with van der Waals surface area (Å²) in [6.07, 6.45) is 9.91. The van der Waals surface area contributed by atoms with Gasteiger partial charge in [-0.15, -0.1) is 0 Å². The second-order valence-corrected chi connectivity index (χ2v) is 6.27. The highest BCUT2D eigenvalue weighted by atomic mass is 16.3. The summed E-state index contributed by atoms with van der Waals surface area (Å²) in [5, 5.41) is 12.6. The molecule has 0 aromatic rings. The van der Waals surface area contributed by atoms with E-state index in [4.69, 9.17) is 0 Å². The van der Waals surface area contributed by atoms with Crippen LogP contribution < -0.4 is 5.32 Å². The molecule has 0 saturated carbocycles. The summed E-state index contributed by atoms with van der Waals surface area (Å²) in [5.41, 5.74) is 1.42. The quantitative estimate of drug-likeness (QED) is 0.778. The van der Waals surface area contributed by atoms with E-state index in [0.717, 1.165) is 45.2 Å². The number of nitrogens with one attached hydrogen (secondary N) is 1. The van der Waals surface area contributed by atoms with Crippen LogP contribution in [0, 0.1) is 5.41 Å². The molecule has 4 nitrogen and oxygen atoms in total. The van der Waals surface area contributed by atoms with Crippen molar-refractivity contribution in [1.82, 2.24) is 10.2 Å². The van der Waals surface area contributed by atoms with Crippen LogP contribution in [0.3, 0.4) is 0 Å². The number of amides is 2. The molecule has 1 aliphatic heterocycles. The summed E-state index contributed by atoms with van der Waals surface area (Å²) in [5.74, 6) is 0. The predicted octanol–water partition coefficient (Wildman–Crippen LogP) is 2.68. The van der Waals surface area contributed by atoms with Crippen LogP contribution in [0.2, 0.25) is 0 Å². The van der Waals surface area contributed by atoms with Gasteiger partial charge in [0.15, 0.2) is 0 Å². The molecule has 0 atom stereocenters. The SMILES string of the molecule is CCC1(CO)CCN(C(=O)NCC2=CCCCC2)CC1. The van der Waals surface area contributed by atoms with Crippen molar-refractivity contribution in [3.8, 4) is 0 Å². The van der Waals surface area contributed by atoms with Crippen molar-refractivity contribution in [3.63, 3.8) is 0 Å². The van der Waals surface area contributed by atoms with Crippen molar-refractivity contribution < 1.29 is 9.90 Å². The fourth-order valence-corrected chi connectivity index (χ4v) is 3.17. The Morgan fingerprint density at radius 2 is 2.15 bits per heavy atom. The summed E-state index contributed by atoms with van der Waals surface area (Å²) < 4.78 is 0. The third-order valence-corrected chi connectivity index (χ3v) is 5.05. The van der Waals surface area contributed by atoms with Gasteiger partial charge in [-0.3, -0.25) is 0 Å². The number of nitrogens with zero attached hydrogens (tertiary/aromatic N) is 1. The molecule has 2 rings (SSSR count). The molecular weight excluding hydrogens is 252 g/mol. The first-order valence-electron chi connectivity index (χ1n) is 8.01. The monoisotopic (exact) mass is 280 g/mol. The summed E-state index contributed by atoms with van der Waals surface area (Å²) >= 11 is 0. The Kier molecular flexibility index (Phi) is 5.46. The minimum atomic E-state index is 0.0443. The van der Waals surface area contributed by atoms with Crippen LogP contribution in [-0.2, 0) is 0 Å². The molecule has 1 fully saturated rings. The number of carbonyl (C=O) groups is 1. The van der Waals surface area contributed by atoms with E-state index in [1.54, 1.807) is 0 Å². The molecule has 0 radical (unpaired) electrons. The summed E-state index contributed by atoms with van der Waals surface area (Å²) in [4.78, 5) is 14.0. The first-order chi connectivity index (χ1) is 9.69. The molecule has 2 amide bonds. The molecule has 0 spiro atoms. The lowest BCUT2D eigenvalue weighted by Crippen LogP contribution is -2.48. The van der Waals surface area contributed by atoms with E-state index in [9.17, 15) is 9.90 Å². The van der Waals surface area contributed by atoms with Crippen LogP contribution in [0.1, 0.15) is 51.9 Å². The molecule has 0 unspecified atom stereocenters. The van der Waals surface area contributed by atoms with Crippen LogP contribution in [-0.4, -0.2) is 42.3 Å². The topological polar surface area (TPSA) is 52.6 Å². The van der Waals surface area contributed by atoms with Gasteiger partial charge in [0.1, 0.15) is 0 Å². The number of allylic oxidation sites excluding steroid dienone is 1. The predicted molar refractivity (Wildman–Crippen MR) is 80.6 cm³/mol. The summed E-state index contributed by atoms with van der Waals surface area (Å²) in [6, 6.07) is 0.0547. The van der Waals surface area contributed by atoms with Gasteiger partial charge in [0, 0.05) is 26.2 Å². The first kappa shape index (κ1) is 15.4. The van der Waals surface area contributed by atoms with Gasteiger partial charge in [-0.05, 0) is 50.4 Å². The van der Waals surface area contributed by atoms with Crippen molar-refractivity contribution >= 4 is 6.03 Å². The Bertz CT molecular complexity index is 351. The number of aliphatic hydroxyl groups excluding tert-OH is 1. The van der Waals surface area contributed by atoms with Gasteiger partial charge in [0.2, 0.25) is 0 Å².